The molecule has 3 amide bonds. The highest BCUT2D eigenvalue weighted by Crippen LogP contribution is 2.13. The molecule has 0 saturated carbocycles. The van der Waals surface area contributed by atoms with Crippen molar-refractivity contribution >= 4 is 35.6 Å². The summed E-state index contributed by atoms with van der Waals surface area (Å²) in [5.74, 6) is -1.46. The number of aliphatic hydroxyl groups excluding tert-OH is 1. The fraction of sp³-hybridized carbons (Fsp3) is 0.484. The van der Waals surface area contributed by atoms with Gasteiger partial charge in [-0.15, -0.1) is 0 Å². The van der Waals surface area contributed by atoms with Crippen LogP contribution in [0.3, 0.4) is 0 Å². The number of ether oxygens (including phenoxy) is 1. The number of thioether (sulfide) groups is 1. The standard InChI is InChI=1S/C26H33N3O7.C5H13NOS/c1-16(22(31)28-21(24(33)34)15-17-8-6-5-7-9-17)27-23(32)20(29-25(35)36-26(2,3)4)14-18-10-12-19(30)13-11-18;1-8-3-2-5(6)4-7/h5-13,16,20-21,30H,14-15H2,1-4H3,(H,27,32)(H,28,31)(H,29,35)(H,33,34);5,7H,2-4,6H2,1H3/t16-,20+,21+;5-/m10/s1. The Morgan fingerprint density at radius 2 is 1.45 bits per heavy atom. The summed E-state index contributed by atoms with van der Waals surface area (Å²) in [6.07, 6.45) is 2.27. The molecule has 44 heavy (non-hydrogen) atoms. The van der Waals surface area contributed by atoms with Crippen LogP contribution in [0.15, 0.2) is 54.6 Å². The SMILES string of the molecule is CSCC[C@H](N)CO.C[C@@H](NC(=O)[C@H](Cc1ccc(O)cc1)NC(=O)OC(C)(C)C)C(=O)N[C@@H](Cc1ccccc1)C(=O)O. The smallest absolute Gasteiger partial charge is 0.408 e. The topological polar surface area (TPSA) is 200 Å². The second kappa shape index (κ2) is 19.5. The molecule has 12 nitrogen and oxygen atoms in total. The van der Waals surface area contributed by atoms with Crippen LogP contribution in [0.4, 0.5) is 4.79 Å². The maximum absolute atomic E-state index is 13.0. The third kappa shape index (κ3) is 16.1. The molecule has 0 unspecified atom stereocenters. The van der Waals surface area contributed by atoms with Gasteiger partial charge in [0.2, 0.25) is 11.8 Å². The molecule has 0 radical (unpaired) electrons. The Labute approximate surface area is 263 Å². The number of nitrogens with two attached hydrogens (primary N) is 1. The summed E-state index contributed by atoms with van der Waals surface area (Å²) in [6, 6.07) is 11.6. The Morgan fingerprint density at radius 1 is 0.886 bits per heavy atom. The molecule has 4 atom stereocenters. The Kier molecular flexibility index (Phi) is 16.9. The summed E-state index contributed by atoms with van der Waals surface area (Å²) in [7, 11) is 0. The van der Waals surface area contributed by atoms with Gasteiger partial charge in [0.05, 0.1) is 6.61 Å². The summed E-state index contributed by atoms with van der Waals surface area (Å²) in [6.45, 7) is 6.58. The van der Waals surface area contributed by atoms with Crippen LogP contribution in [0.5, 0.6) is 5.75 Å². The van der Waals surface area contributed by atoms with Crippen molar-refractivity contribution in [2.24, 2.45) is 5.73 Å². The van der Waals surface area contributed by atoms with Gasteiger partial charge in [-0.1, -0.05) is 42.5 Å². The van der Waals surface area contributed by atoms with Gasteiger partial charge in [0.15, 0.2) is 0 Å². The fourth-order valence-electron chi connectivity index (χ4n) is 3.61. The van der Waals surface area contributed by atoms with Crippen molar-refractivity contribution in [1.82, 2.24) is 16.0 Å². The zero-order valence-electron chi connectivity index (χ0n) is 25.9. The summed E-state index contributed by atoms with van der Waals surface area (Å²) in [5.41, 5.74) is 5.99. The minimum absolute atomic E-state index is 0.0116. The minimum Gasteiger partial charge on any atom is -0.508 e. The number of hydrogen-bond acceptors (Lipinski definition) is 9. The number of carboxylic acids is 1. The lowest BCUT2D eigenvalue weighted by Crippen LogP contribution is -2.55. The quantitative estimate of drug-likeness (QED) is 0.162. The maximum atomic E-state index is 13.0. The maximum Gasteiger partial charge on any atom is 0.408 e. The number of nitrogens with one attached hydrogen (secondary N) is 3. The molecule has 0 saturated heterocycles. The molecule has 2 aromatic carbocycles. The van der Waals surface area contributed by atoms with E-state index in [1.165, 1.54) is 19.1 Å². The van der Waals surface area contributed by atoms with E-state index in [0.29, 0.717) is 5.56 Å². The van der Waals surface area contributed by atoms with Gasteiger partial charge in [0.1, 0.15) is 29.5 Å². The number of aliphatic hydroxyl groups is 1. The molecule has 0 aliphatic rings. The van der Waals surface area contributed by atoms with E-state index in [2.05, 4.69) is 16.0 Å². The normalized spacial score (nSPS) is 13.6. The molecule has 0 fully saturated rings. The fourth-order valence-corrected chi connectivity index (χ4v) is 4.15. The van der Waals surface area contributed by atoms with Crippen LogP contribution < -0.4 is 21.7 Å². The average molecular weight is 635 g/mol. The zero-order chi connectivity index (χ0) is 33.3. The summed E-state index contributed by atoms with van der Waals surface area (Å²) >= 11 is 1.75. The molecule has 0 aliphatic carbocycles. The number of aromatic hydroxyl groups is 1. The van der Waals surface area contributed by atoms with Crippen LogP contribution in [0.25, 0.3) is 0 Å². The van der Waals surface area contributed by atoms with Crippen LogP contribution in [-0.2, 0) is 32.0 Å². The van der Waals surface area contributed by atoms with Crippen molar-refractivity contribution in [3.63, 3.8) is 0 Å². The average Bonchev–Trinajstić information content (AvgIpc) is 2.96. The number of benzene rings is 2. The van der Waals surface area contributed by atoms with E-state index in [-0.39, 0.29) is 31.2 Å². The summed E-state index contributed by atoms with van der Waals surface area (Å²) in [5, 5.41) is 34.9. The van der Waals surface area contributed by atoms with Gasteiger partial charge in [0.25, 0.3) is 0 Å². The molecule has 0 aliphatic heterocycles. The molecular weight excluding hydrogens is 588 g/mol. The van der Waals surface area contributed by atoms with Gasteiger partial charge in [-0.3, -0.25) is 9.59 Å². The lowest BCUT2D eigenvalue weighted by molar-refractivity contribution is -0.142. The first-order valence-corrected chi connectivity index (χ1v) is 15.5. The van der Waals surface area contributed by atoms with Crippen molar-refractivity contribution in [1.29, 1.82) is 0 Å². The van der Waals surface area contributed by atoms with Crippen molar-refractivity contribution in [3.8, 4) is 5.75 Å². The first-order valence-electron chi connectivity index (χ1n) is 14.1. The van der Waals surface area contributed by atoms with Gasteiger partial charge in [-0.2, -0.15) is 11.8 Å². The van der Waals surface area contributed by atoms with Crippen LogP contribution in [0, 0.1) is 0 Å². The third-order valence-corrected chi connectivity index (χ3v) is 6.60. The highest BCUT2D eigenvalue weighted by molar-refractivity contribution is 7.98. The van der Waals surface area contributed by atoms with E-state index in [9.17, 15) is 29.4 Å². The molecule has 8 N–H and O–H groups in total. The Morgan fingerprint density at radius 3 is 1.98 bits per heavy atom. The van der Waals surface area contributed by atoms with Gasteiger partial charge in [-0.25, -0.2) is 9.59 Å². The Bertz CT molecular complexity index is 1180. The number of carbonyl (C=O) groups is 4. The highest BCUT2D eigenvalue weighted by atomic mass is 32.2. The molecule has 0 spiro atoms. The van der Waals surface area contributed by atoms with E-state index in [1.807, 2.05) is 6.26 Å². The number of phenolic OH excluding ortho intramolecular Hbond substituents is 1. The first kappa shape index (κ1) is 38.2. The molecule has 2 aromatic rings. The van der Waals surface area contributed by atoms with E-state index < -0.39 is 47.6 Å². The van der Waals surface area contributed by atoms with Crippen molar-refractivity contribution in [2.75, 3.05) is 18.6 Å². The number of hydrogen-bond donors (Lipinski definition) is 7. The lowest BCUT2D eigenvalue weighted by Gasteiger charge is -2.25. The van der Waals surface area contributed by atoms with Crippen LogP contribution in [0.1, 0.15) is 45.2 Å². The molecule has 2 rings (SSSR count). The third-order valence-electron chi connectivity index (χ3n) is 5.96. The van der Waals surface area contributed by atoms with Gasteiger partial charge < -0.3 is 41.7 Å². The van der Waals surface area contributed by atoms with Crippen molar-refractivity contribution < 1.29 is 39.2 Å². The van der Waals surface area contributed by atoms with E-state index in [0.717, 1.165) is 17.7 Å². The molecule has 0 aromatic heterocycles. The summed E-state index contributed by atoms with van der Waals surface area (Å²) in [4.78, 5) is 49.7. The van der Waals surface area contributed by atoms with Gasteiger partial charge in [0, 0.05) is 18.9 Å². The number of carboxylic acid groups (broad SMARTS) is 1. The summed E-state index contributed by atoms with van der Waals surface area (Å²) < 4.78 is 5.25. The molecule has 0 bridgehead atoms. The largest absolute Gasteiger partial charge is 0.508 e. The predicted molar refractivity (Wildman–Crippen MR) is 170 cm³/mol. The van der Waals surface area contributed by atoms with Crippen LogP contribution in [0.2, 0.25) is 0 Å². The lowest BCUT2D eigenvalue weighted by atomic mass is 10.0. The monoisotopic (exact) mass is 634 g/mol. The van der Waals surface area contributed by atoms with Crippen molar-refractivity contribution in [3.05, 3.63) is 65.7 Å². The Balaban J connectivity index is 0.00000106. The van der Waals surface area contributed by atoms with Crippen molar-refractivity contribution in [2.45, 2.75) is 76.7 Å². The second-order valence-electron chi connectivity index (χ2n) is 11.1. The van der Waals surface area contributed by atoms with Crippen LogP contribution in [-0.4, -0.2) is 87.6 Å². The predicted octanol–water partition coefficient (Wildman–Crippen LogP) is 2.20. The first-order chi connectivity index (χ1) is 20.6. The highest BCUT2D eigenvalue weighted by Gasteiger charge is 2.29. The molecule has 244 valence electrons. The number of aliphatic carboxylic acids is 1. The number of rotatable bonds is 14. The number of alkyl carbamates (subject to hydrolysis) is 1. The number of carbonyl (C=O) groups excluding carboxylic acids is 3. The molecule has 0 heterocycles. The van der Waals surface area contributed by atoms with E-state index in [1.54, 1.807) is 75.0 Å². The molecular formula is C31H46N4O8S. The van der Waals surface area contributed by atoms with E-state index >= 15 is 0 Å². The number of amides is 3. The zero-order valence-corrected chi connectivity index (χ0v) is 26.7. The minimum atomic E-state index is -1.21. The number of phenols is 1. The van der Waals surface area contributed by atoms with Gasteiger partial charge >= 0.3 is 12.1 Å². The van der Waals surface area contributed by atoms with E-state index in [4.69, 9.17) is 15.6 Å². The Hall–Kier alpha value is -3.81. The molecule has 13 heteroatoms. The second-order valence-corrected chi connectivity index (χ2v) is 12.1. The van der Waals surface area contributed by atoms with Gasteiger partial charge in [-0.05, 0) is 69.4 Å². The van der Waals surface area contributed by atoms with Crippen LogP contribution >= 0.6 is 11.8 Å².